The van der Waals surface area contributed by atoms with Crippen molar-refractivity contribution in [3.05, 3.63) is 36.0 Å². The van der Waals surface area contributed by atoms with Crippen molar-refractivity contribution in [3.8, 4) is 0 Å². The Labute approximate surface area is 288 Å². The minimum absolute atomic E-state index is 0.126. The maximum atomic E-state index is 14.2. The number of hydrogen-bond donors (Lipinski definition) is 2. The van der Waals surface area contributed by atoms with E-state index < -0.39 is 41.6 Å². The number of carbonyl (C=O) groups excluding carboxylic acids is 6. The van der Waals surface area contributed by atoms with E-state index in [1.165, 1.54) is 18.0 Å². The molecule has 3 amide bonds. The van der Waals surface area contributed by atoms with Gasteiger partial charge in [0.25, 0.3) is 5.91 Å². The van der Waals surface area contributed by atoms with E-state index in [0.717, 1.165) is 25.7 Å². The molecule has 5 atom stereocenters. The van der Waals surface area contributed by atoms with Gasteiger partial charge in [0.1, 0.15) is 13.2 Å². The summed E-state index contributed by atoms with van der Waals surface area (Å²) in [4.78, 5) is 89.4. The molecule has 268 valence electrons. The number of hydrogen-bond acceptors (Lipinski definition) is 8. The van der Waals surface area contributed by atoms with E-state index in [2.05, 4.69) is 10.6 Å². The highest BCUT2D eigenvalue weighted by Gasteiger charge is 2.42. The predicted octanol–water partition coefficient (Wildman–Crippen LogP) is 4.16. The lowest BCUT2D eigenvalue weighted by Gasteiger charge is -2.39. The Morgan fingerprint density at radius 2 is 1.76 bits per heavy atom. The number of rotatable bonds is 14. The molecular weight excluding hydrogens is 628 g/mol. The SMILES string of the molecule is CCCCOC(=O)CCCCC[C@@H]1CC(=O)[C@H]2CCCCN2C(=O)[C@H](C(C)CC)NC(=O)[C@H](C(=O)c2cn(OC)c3ccccc23)NC1=O. The third-order valence-electron chi connectivity index (χ3n) is 9.90. The van der Waals surface area contributed by atoms with Crippen LogP contribution in [-0.2, 0) is 28.7 Å². The van der Waals surface area contributed by atoms with Crippen LogP contribution in [-0.4, -0.2) is 83.3 Å². The van der Waals surface area contributed by atoms with E-state index in [-0.39, 0.29) is 42.0 Å². The van der Waals surface area contributed by atoms with Crippen LogP contribution in [0.2, 0.25) is 0 Å². The van der Waals surface area contributed by atoms with Gasteiger partial charge in [-0.15, -0.1) is 0 Å². The molecule has 49 heavy (non-hydrogen) atoms. The maximum absolute atomic E-state index is 14.2. The number of carbonyl (C=O) groups is 6. The first kappa shape index (κ1) is 37.6. The number of fused-ring (bicyclic) bond motifs is 2. The van der Waals surface area contributed by atoms with Gasteiger partial charge in [-0.05, 0) is 50.5 Å². The summed E-state index contributed by atoms with van der Waals surface area (Å²) in [5, 5.41) is 6.05. The van der Waals surface area contributed by atoms with Crippen molar-refractivity contribution in [2.45, 2.75) is 116 Å². The summed E-state index contributed by atoms with van der Waals surface area (Å²) >= 11 is 0. The molecule has 2 fully saturated rings. The quantitative estimate of drug-likeness (QED) is 0.131. The molecule has 2 N–H and O–H groups in total. The summed E-state index contributed by atoms with van der Waals surface area (Å²) < 4.78 is 6.65. The van der Waals surface area contributed by atoms with Gasteiger partial charge in [-0.3, -0.25) is 28.8 Å². The Morgan fingerprint density at radius 1 is 0.980 bits per heavy atom. The van der Waals surface area contributed by atoms with Crippen molar-refractivity contribution in [3.63, 3.8) is 0 Å². The summed E-state index contributed by atoms with van der Waals surface area (Å²) in [6.07, 6.45) is 7.98. The molecule has 0 spiro atoms. The molecule has 12 heteroatoms. The Balaban J connectivity index is 1.64. The van der Waals surface area contributed by atoms with Crippen LogP contribution in [0, 0.1) is 11.8 Å². The number of nitrogens with one attached hydrogen (secondary N) is 2. The lowest BCUT2D eigenvalue weighted by molar-refractivity contribution is -0.147. The standard InChI is InChI=1S/C37H52N4O8/c1-5-7-21-49-31(43)19-10-8-9-15-25-22-30(42)29-18-13-14-20-40(29)37(47)32(24(3)6-2)38-36(46)33(39-35(25)45)34(44)27-23-41(48-4)28-17-12-11-16-26(27)28/h11-12,16-17,23-25,29,32-33H,5-10,13-15,18-22H2,1-4H3,(H,38,46)(H,39,45)/t24?,25-,29-,32+,33+/m1/s1. The van der Waals surface area contributed by atoms with Crippen molar-refractivity contribution >= 4 is 46.2 Å². The molecule has 2 aliphatic heterocycles. The summed E-state index contributed by atoms with van der Waals surface area (Å²) in [6.45, 7) is 6.55. The molecule has 3 heterocycles. The fourth-order valence-electron chi connectivity index (χ4n) is 6.74. The number of unbranched alkanes of at least 4 members (excludes halogenated alkanes) is 3. The minimum atomic E-state index is -1.66. The highest BCUT2D eigenvalue weighted by molar-refractivity contribution is 6.20. The Morgan fingerprint density at radius 3 is 2.49 bits per heavy atom. The van der Waals surface area contributed by atoms with E-state index in [0.29, 0.717) is 62.6 Å². The average molecular weight is 681 g/mol. The van der Waals surface area contributed by atoms with Gasteiger partial charge in [0.15, 0.2) is 17.6 Å². The zero-order valence-electron chi connectivity index (χ0n) is 29.3. The molecule has 2 aromatic rings. The van der Waals surface area contributed by atoms with Crippen LogP contribution in [0.15, 0.2) is 30.5 Å². The van der Waals surface area contributed by atoms with Crippen LogP contribution < -0.4 is 15.5 Å². The largest absolute Gasteiger partial charge is 0.466 e. The van der Waals surface area contributed by atoms with Crippen molar-refractivity contribution in [1.82, 2.24) is 20.3 Å². The molecule has 2 saturated heterocycles. The smallest absolute Gasteiger partial charge is 0.305 e. The lowest BCUT2D eigenvalue weighted by Crippen LogP contribution is -2.62. The molecule has 1 aromatic carbocycles. The fourth-order valence-corrected chi connectivity index (χ4v) is 6.74. The van der Waals surface area contributed by atoms with Gasteiger partial charge >= 0.3 is 5.97 Å². The van der Waals surface area contributed by atoms with E-state index in [9.17, 15) is 28.8 Å². The van der Waals surface area contributed by atoms with Crippen molar-refractivity contribution in [2.75, 3.05) is 20.3 Å². The molecule has 1 aromatic heterocycles. The van der Waals surface area contributed by atoms with Gasteiger partial charge in [-0.25, -0.2) is 0 Å². The number of piperidine rings is 1. The van der Waals surface area contributed by atoms with E-state index in [4.69, 9.17) is 9.57 Å². The summed E-state index contributed by atoms with van der Waals surface area (Å²) in [5.74, 6) is -3.96. The van der Waals surface area contributed by atoms with E-state index in [1.54, 1.807) is 29.2 Å². The molecular formula is C37H52N4O8. The highest BCUT2D eigenvalue weighted by Crippen LogP contribution is 2.27. The van der Waals surface area contributed by atoms with Gasteiger partial charge < -0.3 is 25.1 Å². The van der Waals surface area contributed by atoms with Gasteiger partial charge in [0.05, 0.1) is 24.4 Å². The monoisotopic (exact) mass is 680 g/mol. The third kappa shape index (κ3) is 9.27. The molecule has 0 aliphatic carbocycles. The molecule has 2 aliphatic rings. The number of ether oxygens (including phenoxy) is 1. The minimum Gasteiger partial charge on any atom is -0.466 e. The van der Waals surface area contributed by atoms with Crippen LogP contribution in [0.4, 0.5) is 0 Å². The van der Waals surface area contributed by atoms with Crippen LogP contribution in [0.3, 0.4) is 0 Å². The second-order valence-electron chi connectivity index (χ2n) is 13.3. The number of Topliss-reactive ketones (excluding diaryl/α,β-unsaturated/α-hetero) is 2. The summed E-state index contributed by atoms with van der Waals surface area (Å²) in [7, 11) is 1.46. The summed E-state index contributed by atoms with van der Waals surface area (Å²) in [6, 6.07) is 3.74. The van der Waals surface area contributed by atoms with E-state index >= 15 is 0 Å². The Kier molecular flexibility index (Phi) is 13.8. The van der Waals surface area contributed by atoms with Crippen molar-refractivity contribution < 1.29 is 38.3 Å². The van der Waals surface area contributed by atoms with Gasteiger partial charge in [-0.1, -0.05) is 64.7 Å². The molecule has 4 rings (SSSR count). The Bertz CT molecular complexity index is 1500. The van der Waals surface area contributed by atoms with Gasteiger partial charge in [0.2, 0.25) is 11.8 Å². The first-order valence-corrected chi connectivity index (χ1v) is 17.9. The van der Waals surface area contributed by atoms with Crippen molar-refractivity contribution in [1.29, 1.82) is 0 Å². The predicted molar refractivity (Wildman–Crippen MR) is 184 cm³/mol. The zero-order chi connectivity index (χ0) is 35.5. The van der Waals surface area contributed by atoms with Crippen LogP contribution in [0.25, 0.3) is 10.9 Å². The number of nitrogens with zero attached hydrogens (tertiary/aromatic N) is 2. The third-order valence-corrected chi connectivity index (χ3v) is 9.90. The summed E-state index contributed by atoms with van der Waals surface area (Å²) in [5.41, 5.74) is 0.778. The zero-order valence-corrected chi connectivity index (χ0v) is 29.3. The first-order valence-electron chi connectivity index (χ1n) is 17.9. The average Bonchev–Trinajstić information content (AvgIpc) is 3.49. The van der Waals surface area contributed by atoms with Gasteiger partial charge in [0, 0.05) is 36.3 Å². The van der Waals surface area contributed by atoms with Crippen LogP contribution in [0.1, 0.15) is 108 Å². The van der Waals surface area contributed by atoms with Gasteiger partial charge in [-0.2, -0.15) is 4.73 Å². The number of amides is 3. The Hall–Kier alpha value is -4.22. The molecule has 0 saturated carbocycles. The van der Waals surface area contributed by atoms with E-state index in [1.807, 2.05) is 20.8 Å². The number of esters is 1. The molecule has 0 bridgehead atoms. The second-order valence-corrected chi connectivity index (χ2v) is 13.3. The maximum Gasteiger partial charge on any atom is 0.305 e. The number of aromatic nitrogens is 1. The van der Waals surface area contributed by atoms with Crippen LogP contribution in [0.5, 0.6) is 0 Å². The molecule has 0 radical (unpaired) electrons. The first-order chi connectivity index (χ1) is 23.6. The second kappa shape index (κ2) is 18.0. The lowest BCUT2D eigenvalue weighted by atomic mass is 9.87. The van der Waals surface area contributed by atoms with Crippen molar-refractivity contribution in [2.24, 2.45) is 11.8 Å². The molecule has 1 unspecified atom stereocenters. The number of ketones is 2. The topological polar surface area (TPSA) is 153 Å². The fraction of sp³-hybridized carbons (Fsp3) is 0.622. The highest BCUT2D eigenvalue weighted by atomic mass is 16.6. The normalized spacial score (nSPS) is 22.7. The number of benzene rings is 1. The van der Waals surface area contributed by atoms with Crippen LogP contribution >= 0.6 is 0 Å². The molecule has 12 nitrogen and oxygen atoms in total. The number of para-hydroxylation sites is 1.